The molecular formula is C34H22N4. The lowest BCUT2D eigenvalue weighted by molar-refractivity contribution is 0.860. The highest BCUT2D eigenvalue weighted by atomic mass is 15.0. The lowest BCUT2D eigenvalue weighted by atomic mass is 9.95. The third kappa shape index (κ3) is 3.14. The van der Waals surface area contributed by atoms with Crippen molar-refractivity contribution in [2.24, 2.45) is 0 Å². The van der Waals surface area contributed by atoms with Crippen molar-refractivity contribution in [3.63, 3.8) is 0 Å². The van der Waals surface area contributed by atoms with E-state index in [1.165, 1.54) is 38.5 Å². The lowest BCUT2D eigenvalue weighted by Gasteiger charge is -2.20. The Balaban J connectivity index is 1.43. The van der Waals surface area contributed by atoms with Crippen molar-refractivity contribution in [3.8, 4) is 45.3 Å². The first-order chi connectivity index (χ1) is 18.8. The van der Waals surface area contributed by atoms with E-state index < -0.39 is 0 Å². The van der Waals surface area contributed by atoms with E-state index in [2.05, 4.69) is 65.2 Å². The zero-order valence-corrected chi connectivity index (χ0v) is 20.5. The van der Waals surface area contributed by atoms with Gasteiger partial charge in [-0.05, 0) is 17.2 Å². The van der Waals surface area contributed by atoms with Gasteiger partial charge in [0.05, 0.1) is 11.0 Å². The molecular weight excluding hydrogens is 464 g/mol. The first-order valence-corrected chi connectivity index (χ1v) is 12.8. The van der Waals surface area contributed by atoms with Gasteiger partial charge in [-0.2, -0.15) is 0 Å². The molecule has 0 unspecified atom stereocenters. The number of nitrogens with zero attached hydrogens (tertiary/aromatic N) is 4. The minimum atomic E-state index is 0.674. The molecule has 0 saturated carbocycles. The van der Waals surface area contributed by atoms with Gasteiger partial charge in [-0.1, -0.05) is 115 Å². The zero-order chi connectivity index (χ0) is 25.1. The zero-order valence-electron chi connectivity index (χ0n) is 20.5. The van der Waals surface area contributed by atoms with Crippen LogP contribution in [0.4, 0.5) is 0 Å². The molecule has 0 fully saturated rings. The summed E-state index contributed by atoms with van der Waals surface area (Å²) < 4.78 is 2.45. The number of hydrogen-bond donors (Lipinski definition) is 0. The predicted molar refractivity (Wildman–Crippen MR) is 154 cm³/mol. The quantitative estimate of drug-likeness (QED) is 0.254. The van der Waals surface area contributed by atoms with Gasteiger partial charge in [0.2, 0.25) is 0 Å². The number of benzene rings is 5. The summed E-state index contributed by atoms with van der Waals surface area (Å²) in [7, 11) is 0. The summed E-state index contributed by atoms with van der Waals surface area (Å²) in [6, 6.07) is 42.1. The second-order valence-corrected chi connectivity index (χ2v) is 9.68. The molecule has 0 atom stereocenters. The predicted octanol–water partition coefficient (Wildman–Crippen LogP) is 8.01. The molecule has 4 nitrogen and oxygen atoms in total. The normalized spacial score (nSPS) is 12.1. The van der Waals surface area contributed by atoms with Gasteiger partial charge in [-0.3, -0.25) is 0 Å². The fourth-order valence-corrected chi connectivity index (χ4v) is 5.79. The van der Waals surface area contributed by atoms with E-state index in [-0.39, 0.29) is 0 Å². The largest absolute Gasteiger partial charge is 0.335 e. The molecule has 7 aromatic rings. The summed E-state index contributed by atoms with van der Waals surface area (Å²) >= 11 is 0. The molecule has 1 aliphatic rings. The highest BCUT2D eigenvalue weighted by Crippen LogP contribution is 2.43. The second-order valence-electron chi connectivity index (χ2n) is 9.68. The van der Waals surface area contributed by atoms with E-state index in [1.807, 2.05) is 60.7 Å². The van der Waals surface area contributed by atoms with Gasteiger partial charge in [0.15, 0.2) is 17.5 Å². The van der Waals surface area contributed by atoms with Crippen LogP contribution in [0.2, 0.25) is 0 Å². The molecule has 8 rings (SSSR count). The molecule has 4 heteroatoms. The Morgan fingerprint density at radius 3 is 1.79 bits per heavy atom. The average Bonchev–Trinajstić information content (AvgIpc) is 3.32. The van der Waals surface area contributed by atoms with Crippen molar-refractivity contribution in [3.05, 3.63) is 127 Å². The topological polar surface area (TPSA) is 43.6 Å². The molecule has 0 N–H and O–H groups in total. The lowest BCUT2D eigenvalue weighted by Crippen LogP contribution is -2.06. The number of hydrogen-bond acceptors (Lipinski definition) is 3. The fraction of sp³-hybridized carbons (Fsp3) is 0.0294. The molecule has 38 heavy (non-hydrogen) atoms. The summed E-state index contributed by atoms with van der Waals surface area (Å²) in [6.07, 6.45) is 0. The van der Waals surface area contributed by atoms with Crippen LogP contribution in [0, 0.1) is 0 Å². The molecule has 0 saturated heterocycles. The first-order valence-electron chi connectivity index (χ1n) is 12.8. The Labute approximate surface area is 219 Å². The Morgan fingerprint density at radius 1 is 0.474 bits per heavy atom. The third-order valence-electron chi connectivity index (χ3n) is 7.48. The maximum atomic E-state index is 5.04. The van der Waals surface area contributed by atoms with Gasteiger partial charge < -0.3 is 4.57 Å². The van der Waals surface area contributed by atoms with Crippen molar-refractivity contribution in [2.75, 3.05) is 0 Å². The standard InChI is InChI=1S/C34H22N4/c1-3-11-22(12-4-1)32-35-33(23-13-5-2-6-14-23)37-34(36-32)28-19-10-20-29-30(28)27-18-9-17-26-25-16-8-7-15-24(25)21-38(29)31(26)27/h1-20H,21H2. The summed E-state index contributed by atoms with van der Waals surface area (Å²) in [5.74, 6) is 2.03. The smallest absolute Gasteiger partial charge is 0.164 e. The van der Waals surface area contributed by atoms with Crippen LogP contribution in [0.15, 0.2) is 121 Å². The van der Waals surface area contributed by atoms with Gasteiger partial charge in [0, 0.05) is 39.6 Å². The maximum Gasteiger partial charge on any atom is 0.164 e. The average molecular weight is 487 g/mol. The second kappa shape index (κ2) is 8.22. The minimum absolute atomic E-state index is 0.674. The summed E-state index contributed by atoms with van der Waals surface area (Å²) in [5, 5.41) is 2.41. The Bertz CT molecular complexity index is 1930. The number of fused-ring (bicyclic) bond motifs is 5. The van der Waals surface area contributed by atoms with Crippen molar-refractivity contribution in [1.82, 2.24) is 19.5 Å². The van der Waals surface area contributed by atoms with Crippen molar-refractivity contribution in [2.45, 2.75) is 6.54 Å². The van der Waals surface area contributed by atoms with E-state index in [4.69, 9.17) is 15.0 Å². The van der Waals surface area contributed by atoms with Gasteiger partial charge in [0.1, 0.15) is 0 Å². The van der Waals surface area contributed by atoms with E-state index in [0.29, 0.717) is 17.5 Å². The Hall–Kier alpha value is -5.09. The molecule has 2 aromatic heterocycles. The van der Waals surface area contributed by atoms with Crippen LogP contribution in [0.1, 0.15) is 5.56 Å². The number of aromatic nitrogens is 4. The number of para-hydroxylation sites is 1. The maximum absolute atomic E-state index is 5.04. The van der Waals surface area contributed by atoms with Gasteiger partial charge in [-0.15, -0.1) is 0 Å². The van der Waals surface area contributed by atoms with Crippen LogP contribution < -0.4 is 0 Å². The summed E-state index contributed by atoms with van der Waals surface area (Å²) in [6.45, 7) is 0.846. The molecule has 0 radical (unpaired) electrons. The van der Waals surface area contributed by atoms with E-state index in [0.717, 1.165) is 23.2 Å². The van der Waals surface area contributed by atoms with Crippen LogP contribution in [0.25, 0.3) is 67.1 Å². The van der Waals surface area contributed by atoms with Crippen LogP contribution in [0.5, 0.6) is 0 Å². The van der Waals surface area contributed by atoms with Crippen molar-refractivity contribution in [1.29, 1.82) is 0 Å². The minimum Gasteiger partial charge on any atom is -0.335 e. The van der Waals surface area contributed by atoms with Gasteiger partial charge in [-0.25, -0.2) is 15.0 Å². The molecule has 0 aliphatic carbocycles. The summed E-state index contributed by atoms with van der Waals surface area (Å²) in [4.78, 5) is 15.0. The van der Waals surface area contributed by atoms with E-state index in [1.54, 1.807) is 0 Å². The highest BCUT2D eigenvalue weighted by molar-refractivity contribution is 6.18. The molecule has 1 aliphatic heterocycles. The van der Waals surface area contributed by atoms with Crippen LogP contribution in [-0.4, -0.2) is 19.5 Å². The summed E-state index contributed by atoms with van der Waals surface area (Å²) in [5.41, 5.74) is 9.36. The Morgan fingerprint density at radius 2 is 1.05 bits per heavy atom. The monoisotopic (exact) mass is 486 g/mol. The van der Waals surface area contributed by atoms with Gasteiger partial charge >= 0.3 is 0 Å². The molecule has 178 valence electrons. The highest BCUT2D eigenvalue weighted by Gasteiger charge is 2.24. The molecule has 5 aromatic carbocycles. The fourth-order valence-electron chi connectivity index (χ4n) is 5.79. The molecule has 3 heterocycles. The molecule has 0 spiro atoms. The van der Waals surface area contributed by atoms with Crippen molar-refractivity contribution < 1.29 is 0 Å². The molecule has 0 bridgehead atoms. The van der Waals surface area contributed by atoms with Crippen molar-refractivity contribution >= 4 is 21.8 Å². The van der Waals surface area contributed by atoms with E-state index in [9.17, 15) is 0 Å². The van der Waals surface area contributed by atoms with Crippen LogP contribution in [0.3, 0.4) is 0 Å². The molecule has 0 amide bonds. The van der Waals surface area contributed by atoms with Gasteiger partial charge in [0.25, 0.3) is 0 Å². The first kappa shape index (κ1) is 21.0. The van der Waals surface area contributed by atoms with Crippen LogP contribution >= 0.6 is 0 Å². The van der Waals surface area contributed by atoms with E-state index >= 15 is 0 Å². The SMILES string of the molecule is c1ccc(-c2nc(-c3ccccc3)nc(-c3cccc4c3c3cccc5c3n4Cc3ccccc3-5)n2)cc1. The Kier molecular flexibility index (Phi) is 4.55. The number of rotatable bonds is 3. The van der Waals surface area contributed by atoms with Crippen LogP contribution in [-0.2, 0) is 6.54 Å². The third-order valence-corrected chi connectivity index (χ3v) is 7.48.